The van der Waals surface area contributed by atoms with E-state index < -0.39 is 0 Å². The van der Waals surface area contributed by atoms with E-state index in [0.717, 1.165) is 22.2 Å². The number of fused-ring (bicyclic) bond motifs is 1. The third kappa shape index (κ3) is 2.54. The van der Waals surface area contributed by atoms with Crippen LogP contribution < -0.4 is 0 Å². The minimum absolute atomic E-state index is 0.176. The first-order chi connectivity index (χ1) is 9.72. The molecule has 0 atom stereocenters. The number of H-pyrrole nitrogens is 1. The number of esters is 1. The van der Waals surface area contributed by atoms with E-state index >= 15 is 0 Å². The van der Waals surface area contributed by atoms with E-state index in [4.69, 9.17) is 4.74 Å². The van der Waals surface area contributed by atoms with E-state index in [9.17, 15) is 4.79 Å². The second kappa shape index (κ2) is 5.17. The Bertz CT molecular complexity index is 729. The summed E-state index contributed by atoms with van der Waals surface area (Å²) in [7, 11) is 0. The highest BCUT2D eigenvalue weighted by Crippen LogP contribution is 2.15. The Hall–Kier alpha value is -2.62. The fourth-order valence-electron chi connectivity index (χ4n) is 2.08. The summed E-state index contributed by atoms with van der Waals surface area (Å²) >= 11 is 0. The molecule has 0 unspecified atom stereocenters. The second-order valence-electron chi connectivity index (χ2n) is 4.67. The van der Waals surface area contributed by atoms with E-state index in [-0.39, 0.29) is 12.6 Å². The van der Waals surface area contributed by atoms with E-state index in [2.05, 4.69) is 9.97 Å². The summed E-state index contributed by atoms with van der Waals surface area (Å²) in [6.45, 7) is 2.15. The maximum atomic E-state index is 12.0. The van der Waals surface area contributed by atoms with Crippen LogP contribution in [0.5, 0.6) is 0 Å². The molecule has 3 aromatic rings. The molecule has 4 nitrogen and oxygen atoms in total. The number of rotatable bonds is 3. The van der Waals surface area contributed by atoms with Gasteiger partial charge in [-0.05, 0) is 36.8 Å². The molecule has 0 aliphatic rings. The van der Waals surface area contributed by atoms with Gasteiger partial charge in [0.05, 0.1) is 5.69 Å². The normalized spacial score (nSPS) is 10.7. The predicted octanol–water partition coefficient (Wildman–Crippen LogP) is 3.23. The lowest BCUT2D eigenvalue weighted by atomic mass is 10.2. The third-order valence-corrected chi connectivity index (χ3v) is 3.07. The van der Waals surface area contributed by atoms with Gasteiger partial charge in [0.1, 0.15) is 12.3 Å². The van der Waals surface area contributed by atoms with Crippen molar-refractivity contribution in [2.45, 2.75) is 13.5 Å². The van der Waals surface area contributed by atoms with Crippen LogP contribution in [0.15, 0.2) is 48.7 Å². The van der Waals surface area contributed by atoms with Crippen molar-refractivity contribution in [2.24, 2.45) is 0 Å². The number of nitrogens with zero attached hydrogens (tertiary/aromatic N) is 1. The van der Waals surface area contributed by atoms with Crippen LogP contribution in [-0.4, -0.2) is 15.9 Å². The molecule has 0 saturated heterocycles. The van der Waals surface area contributed by atoms with Crippen LogP contribution in [-0.2, 0) is 11.3 Å². The highest BCUT2D eigenvalue weighted by molar-refractivity contribution is 5.94. The van der Waals surface area contributed by atoms with E-state index in [0.29, 0.717) is 5.69 Å². The molecule has 0 fully saturated rings. The lowest BCUT2D eigenvalue weighted by Gasteiger charge is -2.03. The minimum atomic E-state index is -0.371. The van der Waals surface area contributed by atoms with Gasteiger partial charge in [-0.15, -0.1) is 0 Å². The minimum Gasteiger partial charge on any atom is -0.455 e. The maximum absolute atomic E-state index is 12.0. The molecular weight excluding hydrogens is 252 g/mol. The second-order valence-corrected chi connectivity index (χ2v) is 4.67. The largest absolute Gasteiger partial charge is 0.455 e. The van der Waals surface area contributed by atoms with Gasteiger partial charge in [-0.25, -0.2) is 4.79 Å². The van der Waals surface area contributed by atoms with Crippen molar-refractivity contribution in [3.8, 4) is 0 Å². The Morgan fingerprint density at radius 3 is 2.90 bits per heavy atom. The van der Waals surface area contributed by atoms with Crippen LogP contribution in [0.4, 0.5) is 0 Å². The Kier molecular flexibility index (Phi) is 3.21. The molecule has 0 radical (unpaired) electrons. The molecule has 0 aliphatic carbocycles. The first-order valence-electron chi connectivity index (χ1n) is 6.39. The Morgan fingerprint density at radius 2 is 2.10 bits per heavy atom. The molecule has 100 valence electrons. The number of hydrogen-bond donors (Lipinski definition) is 1. The zero-order valence-corrected chi connectivity index (χ0v) is 11.1. The summed E-state index contributed by atoms with van der Waals surface area (Å²) in [6.07, 6.45) is 1.71. The Balaban J connectivity index is 1.73. The first-order valence-corrected chi connectivity index (χ1v) is 6.39. The lowest BCUT2D eigenvalue weighted by molar-refractivity contribution is 0.0462. The van der Waals surface area contributed by atoms with Crippen molar-refractivity contribution >= 4 is 16.9 Å². The molecule has 0 saturated carbocycles. The van der Waals surface area contributed by atoms with Crippen LogP contribution in [0.2, 0.25) is 0 Å². The fraction of sp³-hybridized carbons (Fsp3) is 0.125. The lowest BCUT2D eigenvalue weighted by Crippen LogP contribution is -2.06. The van der Waals surface area contributed by atoms with Crippen molar-refractivity contribution in [1.29, 1.82) is 0 Å². The Morgan fingerprint density at radius 1 is 1.25 bits per heavy atom. The number of benzene rings is 1. The van der Waals surface area contributed by atoms with Crippen molar-refractivity contribution in [3.63, 3.8) is 0 Å². The highest BCUT2D eigenvalue weighted by atomic mass is 16.5. The van der Waals surface area contributed by atoms with E-state index in [1.165, 1.54) is 0 Å². The predicted molar refractivity (Wildman–Crippen MR) is 76.4 cm³/mol. The van der Waals surface area contributed by atoms with Gasteiger partial charge in [-0.2, -0.15) is 0 Å². The molecule has 0 bridgehead atoms. The molecule has 20 heavy (non-hydrogen) atoms. The number of carbonyl (C=O) groups excluding carboxylic acids is 1. The smallest absolute Gasteiger partial charge is 0.355 e. The number of aryl methyl sites for hydroxylation is 1. The molecule has 4 heteroatoms. The van der Waals surface area contributed by atoms with Gasteiger partial charge < -0.3 is 9.72 Å². The number of pyridine rings is 1. The van der Waals surface area contributed by atoms with Gasteiger partial charge in [0.2, 0.25) is 0 Å². The topological polar surface area (TPSA) is 55.0 Å². The van der Waals surface area contributed by atoms with Crippen LogP contribution in [0.3, 0.4) is 0 Å². The summed E-state index contributed by atoms with van der Waals surface area (Å²) in [5.74, 6) is -0.371. The number of nitrogens with one attached hydrogen (secondary N) is 1. The van der Waals surface area contributed by atoms with Gasteiger partial charge in [-0.3, -0.25) is 4.98 Å². The standard InChI is InChI=1S/C16H14N2O2/c1-11-6-7-17-13(8-11)10-20-16(19)15-9-12-4-2-3-5-14(12)18-15/h2-9,18H,10H2,1H3. The van der Waals surface area contributed by atoms with Gasteiger partial charge >= 0.3 is 5.97 Å². The third-order valence-electron chi connectivity index (χ3n) is 3.07. The zero-order chi connectivity index (χ0) is 13.9. The molecule has 2 aromatic heterocycles. The quantitative estimate of drug-likeness (QED) is 0.740. The van der Waals surface area contributed by atoms with E-state index in [1.807, 2.05) is 43.3 Å². The molecule has 0 aliphatic heterocycles. The van der Waals surface area contributed by atoms with E-state index in [1.54, 1.807) is 12.3 Å². The van der Waals surface area contributed by atoms with Crippen molar-refractivity contribution in [1.82, 2.24) is 9.97 Å². The van der Waals surface area contributed by atoms with Crippen LogP contribution in [0, 0.1) is 6.92 Å². The summed E-state index contributed by atoms with van der Waals surface area (Å²) in [5, 5.41) is 0.994. The SMILES string of the molecule is Cc1ccnc(COC(=O)c2cc3ccccc3[nH]2)c1. The first kappa shape index (κ1) is 12.4. The number of hydrogen-bond acceptors (Lipinski definition) is 3. The molecule has 0 amide bonds. The number of para-hydroxylation sites is 1. The number of carbonyl (C=O) groups is 1. The van der Waals surface area contributed by atoms with Gasteiger partial charge in [0.25, 0.3) is 0 Å². The van der Waals surface area contributed by atoms with Crippen LogP contribution >= 0.6 is 0 Å². The number of ether oxygens (including phenoxy) is 1. The fourth-order valence-corrected chi connectivity index (χ4v) is 2.08. The molecule has 3 rings (SSSR count). The number of aromatic amines is 1. The summed E-state index contributed by atoms with van der Waals surface area (Å²) in [4.78, 5) is 19.2. The molecule has 1 N–H and O–H groups in total. The maximum Gasteiger partial charge on any atom is 0.355 e. The number of aromatic nitrogens is 2. The Labute approximate surface area is 116 Å². The van der Waals surface area contributed by atoms with Crippen molar-refractivity contribution in [2.75, 3.05) is 0 Å². The summed E-state index contributed by atoms with van der Waals surface area (Å²) < 4.78 is 5.27. The van der Waals surface area contributed by atoms with Crippen molar-refractivity contribution < 1.29 is 9.53 Å². The molecular formula is C16H14N2O2. The van der Waals surface area contributed by atoms with Crippen LogP contribution in [0.25, 0.3) is 10.9 Å². The van der Waals surface area contributed by atoms with Gasteiger partial charge in [-0.1, -0.05) is 18.2 Å². The van der Waals surface area contributed by atoms with Crippen molar-refractivity contribution in [3.05, 3.63) is 65.6 Å². The van der Waals surface area contributed by atoms with Gasteiger partial charge in [0, 0.05) is 17.1 Å². The average molecular weight is 266 g/mol. The zero-order valence-electron chi connectivity index (χ0n) is 11.1. The monoisotopic (exact) mass is 266 g/mol. The highest BCUT2D eigenvalue weighted by Gasteiger charge is 2.11. The average Bonchev–Trinajstić information content (AvgIpc) is 2.89. The molecule has 0 spiro atoms. The summed E-state index contributed by atoms with van der Waals surface area (Å²) in [6, 6.07) is 13.3. The summed E-state index contributed by atoms with van der Waals surface area (Å²) in [5.41, 5.74) is 3.22. The molecule has 2 heterocycles. The van der Waals surface area contributed by atoms with Crippen LogP contribution in [0.1, 0.15) is 21.7 Å². The molecule has 1 aromatic carbocycles. The van der Waals surface area contributed by atoms with Gasteiger partial charge in [0.15, 0.2) is 0 Å².